The number of fused-ring (bicyclic) bond motifs is 5. The highest BCUT2D eigenvalue weighted by atomic mass is 16.4. The summed E-state index contributed by atoms with van der Waals surface area (Å²) in [5.41, 5.74) is 3.82. The minimum atomic E-state index is -0.329. The Labute approximate surface area is 114 Å². The first kappa shape index (κ1) is 11.3. The van der Waals surface area contributed by atoms with E-state index >= 15 is 0 Å². The third-order valence-corrected chi connectivity index (χ3v) is 3.75. The minimum absolute atomic E-state index is 0.329. The van der Waals surface area contributed by atoms with E-state index in [9.17, 15) is 4.79 Å². The molecule has 0 N–H and O–H groups in total. The highest BCUT2D eigenvalue weighted by Crippen LogP contribution is 2.36. The van der Waals surface area contributed by atoms with Gasteiger partial charge in [0.25, 0.3) is 0 Å². The Morgan fingerprint density at radius 3 is 2.45 bits per heavy atom. The summed E-state index contributed by atoms with van der Waals surface area (Å²) in [6.07, 6.45) is 0. The van der Waals surface area contributed by atoms with Gasteiger partial charge in [0.15, 0.2) is 0 Å². The van der Waals surface area contributed by atoms with Gasteiger partial charge in [-0.1, -0.05) is 18.2 Å². The number of aryl methyl sites for hydroxylation is 2. The van der Waals surface area contributed by atoms with E-state index in [1.54, 1.807) is 0 Å². The topological polar surface area (TPSA) is 43.4 Å². The Kier molecular flexibility index (Phi) is 2.11. The van der Waals surface area contributed by atoms with E-state index in [4.69, 9.17) is 8.83 Å². The zero-order chi connectivity index (χ0) is 13.9. The molecule has 3 nitrogen and oxygen atoms in total. The van der Waals surface area contributed by atoms with E-state index in [0.29, 0.717) is 5.58 Å². The lowest BCUT2D eigenvalue weighted by Gasteiger charge is -2.03. The second-order valence-corrected chi connectivity index (χ2v) is 5.12. The quantitative estimate of drug-likeness (QED) is 0.444. The highest BCUT2D eigenvalue weighted by Gasteiger charge is 2.15. The van der Waals surface area contributed by atoms with Crippen molar-refractivity contribution in [1.82, 2.24) is 0 Å². The molecule has 4 aromatic rings. The van der Waals surface area contributed by atoms with Crippen molar-refractivity contribution < 1.29 is 8.83 Å². The van der Waals surface area contributed by atoms with E-state index in [0.717, 1.165) is 38.5 Å². The van der Waals surface area contributed by atoms with Crippen LogP contribution in [-0.2, 0) is 0 Å². The van der Waals surface area contributed by atoms with E-state index in [2.05, 4.69) is 6.07 Å². The normalized spacial score (nSPS) is 11.7. The molecule has 0 unspecified atom stereocenters. The summed E-state index contributed by atoms with van der Waals surface area (Å²) in [4.78, 5) is 11.5. The number of hydrogen-bond donors (Lipinski definition) is 0. The molecule has 0 fully saturated rings. The number of benzene rings is 2. The first-order chi connectivity index (χ1) is 9.65. The standard InChI is InChI=1S/C17H12O3/c1-9-7-13-16(10(2)8-14(18)19-13)17-15(9)11-5-3-4-6-12(11)20-17/h3-8H,1-2H3. The van der Waals surface area contributed by atoms with Crippen molar-refractivity contribution in [3.8, 4) is 0 Å². The van der Waals surface area contributed by atoms with Crippen LogP contribution in [0.5, 0.6) is 0 Å². The van der Waals surface area contributed by atoms with Crippen LogP contribution in [0.25, 0.3) is 32.9 Å². The molecule has 0 amide bonds. The Bertz CT molecular complexity index is 1030. The molecule has 20 heavy (non-hydrogen) atoms. The Balaban J connectivity index is 2.39. The van der Waals surface area contributed by atoms with Gasteiger partial charge in [-0.15, -0.1) is 0 Å². The zero-order valence-electron chi connectivity index (χ0n) is 11.2. The molecule has 0 aliphatic rings. The molecule has 0 saturated heterocycles. The number of rotatable bonds is 0. The molecule has 0 atom stereocenters. The second-order valence-electron chi connectivity index (χ2n) is 5.12. The molecule has 0 bridgehead atoms. The average Bonchev–Trinajstić information content (AvgIpc) is 2.77. The fourth-order valence-corrected chi connectivity index (χ4v) is 2.91. The summed E-state index contributed by atoms with van der Waals surface area (Å²) in [5.74, 6) is 0. The number of furan rings is 1. The van der Waals surface area contributed by atoms with Crippen LogP contribution in [0.1, 0.15) is 11.1 Å². The molecular formula is C17H12O3. The number of para-hydroxylation sites is 1. The average molecular weight is 264 g/mol. The maximum absolute atomic E-state index is 11.5. The smallest absolute Gasteiger partial charge is 0.336 e. The van der Waals surface area contributed by atoms with Gasteiger partial charge in [0.1, 0.15) is 16.7 Å². The molecule has 0 aliphatic carbocycles. The van der Waals surface area contributed by atoms with Gasteiger partial charge in [0, 0.05) is 16.8 Å². The molecule has 2 aromatic carbocycles. The van der Waals surface area contributed by atoms with E-state index in [1.165, 1.54) is 6.07 Å². The van der Waals surface area contributed by atoms with Crippen molar-refractivity contribution in [3.05, 3.63) is 57.9 Å². The van der Waals surface area contributed by atoms with Gasteiger partial charge in [-0.25, -0.2) is 4.79 Å². The van der Waals surface area contributed by atoms with Crippen LogP contribution in [0.4, 0.5) is 0 Å². The predicted octanol–water partition coefficient (Wildman–Crippen LogP) is 4.31. The lowest BCUT2D eigenvalue weighted by atomic mass is 10.0. The molecular weight excluding hydrogens is 252 g/mol. The highest BCUT2D eigenvalue weighted by molar-refractivity contribution is 6.16. The van der Waals surface area contributed by atoms with E-state index in [-0.39, 0.29) is 5.63 Å². The molecule has 98 valence electrons. The molecule has 0 saturated carbocycles. The molecule has 2 heterocycles. The summed E-state index contributed by atoms with van der Waals surface area (Å²) in [5, 5.41) is 3.05. The second kappa shape index (κ2) is 3.73. The fraction of sp³-hybridized carbons (Fsp3) is 0.118. The Morgan fingerprint density at radius 2 is 1.60 bits per heavy atom. The van der Waals surface area contributed by atoms with Crippen LogP contribution in [0.2, 0.25) is 0 Å². The third-order valence-electron chi connectivity index (χ3n) is 3.75. The van der Waals surface area contributed by atoms with Crippen molar-refractivity contribution in [2.75, 3.05) is 0 Å². The van der Waals surface area contributed by atoms with Gasteiger partial charge in [0.2, 0.25) is 0 Å². The first-order valence-electron chi connectivity index (χ1n) is 6.50. The lowest BCUT2D eigenvalue weighted by Crippen LogP contribution is -1.98. The van der Waals surface area contributed by atoms with E-state index in [1.807, 2.05) is 38.1 Å². The molecule has 0 aliphatic heterocycles. The largest absolute Gasteiger partial charge is 0.455 e. The van der Waals surface area contributed by atoms with Gasteiger partial charge in [-0.2, -0.15) is 0 Å². The van der Waals surface area contributed by atoms with Crippen molar-refractivity contribution in [1.29, 1.82) is 0 Å². The monoisotopic (exact) mass is 264 g/mol. The Hall–Kier alpha value is -2.55. The molecule has 4 rings (SSSR count). The van der Waals surface area contributed by atoms with Gasteiger partial charge < -0.3 is 8.83 Å². The summed E-state index contributed by atoms with van der Waals surface area (Å²) >= 11 is 0. The van der Waals surface area contributed by atoms with Gasteiger partial charge in [-0.05, 0) is 37.1 Å². The number of hydrogen-bond acceptors (Lipinski definition) is 3. The SMILES string of the molecule is Cc1cc(=O)oc2cc(C)c3c4ccccc4oc3c12. The zero-order valence-corrected chi connectivity index (χ0v) is 11.2. The molecule has 2 aromatic heterocycles. The maximum Gasteiger partial charge on any atom is 0.336 e. The minimum Gasteiger partial charge on any atom is -0.455 e. The van der Waals surface area contributed by atoms with Crippen LogP contribution in [0, 0.1) is 13.8 Å². The predicted molar refractivity (Wildman–Crippen MR) is 79.2 cm³/mol. The van der Waals surface area contributed by atoms with Crippen LogP contribution in [0.3, 0.4) is 0 Å². The van der Waals surface area contributed by atoms with Crippen molar-refractivity contribution in [3.63, 3.8) is 0 Å². The van der Waals surface area contributed by atoms with Crippen molar-refractivity contribution in [2.45, 2.75) is 13.8 Å². The van der Waals surface area contributed by atoms with Gasteiger partial charge in [-0.3, -0.25) is 0 Å². The summed E-state index contributed by atoms with van der Waals surface area (Å²) in [6, 6.07) is 11.4. The lowest BCUT2D eigenvalue weighted by molar-refractivity contribution is 0.559. The van der Waals surface area contributed by atoms with Crippen LogP contribution >= 0.6 is 0 Å². The van der Waals surface area contributed by atoms with Crippen LogP contribution in [0.15, 0.2) is 50.0 Å². The fourth-order valence-electron chi connectivity index (χ4n) is 2.91. The van der Waals surface area contributed by atoms with Crippen LogP contribution in [-0.4, -0.2) is 0 Å². The molecule has 3 heteroatoms. The van der Waals surface area contributed by atoms with Crippen LogP contribution < -0.4 is 5.63 Å². The molecule has 0 spiro atoms. The van der Waals surface area contributed by atoms with Crippen molar-refractivity contribution in [2.24, 2.45) is 0 Å². The van der Waals surface area contributed by atoms with E-state index < -0.39 is 0 Å². The van der Waals surface area contributed by atoms with Crippen molar-refractivity contribution >= 4 is 32.9 Å². The Morgan fingerprint density at radius 1 is 0.850 bits per heavy atom. The van der Waals surface area contributed by atoms with Gasteiger partial charge in [0.05, 0.1) is 5.39 Å². The summed E-state index contributed by atoms with van der Waals surface area (Å²) in [6.45, 7) is 3.91. The summed E-state index contributed by atoms with van der Waals surface area (Å²) < 4.78 is 11.3. The van der Waals surface area contributed by atoms with Gasteiger partial charge >= 0.3 is 5.63 Å². The third kappa shape index (κ3) is 1.37. The maximum atomic E-state index is 11.5. The molecule has 0 radical (unpaired) electrons. The summed E-state index contributed by atoms with van der Waals surface area (Å²) in [7, 11) is 0. The first-order valence-corrected chi connectivity index (χ1v) is 6.50.